The van der Waals surface area contributed by atoms with Crippen molar-refractivity contribution in [2.75, 3.05) is 0 Å². The fourth-order valence-electron chi connectivity index (χ4n) is 2.26. The molecule has 3 aromatic rings. The van der Waals surface area contributed by atoms with Gasteiger partial charge in [-0.25, -0.2) is 9.78 Å². The van der Waals surface area contributed by atoms with E-state index in [4.69, 9.17) is 5.11 Å². The van der Waals surface area contributed by atoms with Crippen molar-refractivity contribution in [2.45, 2.75) is 0 Å². The summed E-state index contributed by atoms with van der Waals surface area (Å²) in [5.41, 5.74) is 3.54. The second-order valence-electron chi connectivity index (χ2n) is 4.65. The fourth-order valence-corrected chi connectivity index (χ4v) is 2.26. The minimum atomic E-state index is -0.961. The molecule has 0 atom stereocenters. The molecule has 0 amide bonds. The topological polar surface area (TPSA) is 50.2 Å². The minimum Gasteiger partial charge on any atom is -0.478 e. The molecule has 0 fully saturated rings. The zero-order chi connectivity index (χ0) is 14.7. The van der Waals surface area contributed by atoms with Gasteiger partial charge in [-0.05, 0) is 23.8 Å². The first-order valence-corrected chi connectivity index (χ1v) is 6.60. The summed E-state index contributed by atoms with van der Waals surface area (Å²) >= 11 is 0. The summed E-state index contributed by atoms with van der Waals surface area (Å²) in [5.74, 6) is -0.961. The lowest BCUT2D eigenvalue weighted by molar-refractivity contribution is -0.131. The highest BCUT2D eigenvalue weighted by Crippen LogP contribution is 2.25. The van der Waals surface area contributed by atoms with E-state index in [1.54, 1.807) is 6.08 Å². The summed E-state index contributed by atoms with van der Waals surface area (Å²) in [6, 6.07) is 19.5. The number of pyridine rings is 1. The van der Waals surface area contributed by atoms with Gasteiger partial charge in [0.25, 0.3) is 0 Å². The number of hydrogen-bond acceptors (Lipinski definition) is 2. The van der Waals surface area contributed by atoms with Crippen LogP contribution in [0, 0.1) is 0 Å². The molecule has 2 aromatic carbocycles. The van der Waals surface area contributed by atoms with Gasteiger partial charge in [0.15, 0.2) is 0 Å². The number of aliphatic carboxylic acids is 1. The molecule has 0 spiro atoms. The Bertz CT molecular complexity index is 823. The molecule has 0 aliphatic carbocycles. The van der Waals surface area contributed by atoms with Gasteiger partial charge in [0.1, 0.15) is 0 Å². The van der Waals surface area contributed by atoms with Crippen LogP contribution < -0.4 is 0 Å². The maximum atomic E-state index is 10.8. The van der Waals surface area contributed by atoms with E-state index in [2.05, 4.69) is 4.98 Å². The maximum Gasteiger partial charge on any atom is 0.328 e. The zero-order valence-corrected chi connectivity index (χ0v) is 11.2. The van der Waals surface area contributed by atoms with Crippen molar-refractivity contribution in [1.29, 1.82) is 0 Å². The Morgan fingerprint density at radius 1 is 1.00 bits per heavy atom. The zero-order valence-electron chi connectivity index (χ0n) is 11.2. The van der Waals surface area contributed by atoms with Crippen molar-refractivity contribution in [3.8, 4) is 11.3 Å². The Morgan fingerprint density at radius 3 is 2.48 bits per heavy atom. The number of fused-ring (bicyclic) bond motifs is 1. The number of benzene rings is 2. The van der Waals surface area contributed by atoms with E-state index in [-0.39, 0.29) is 0 Å². The third-order valence-corrected chi connectivity index (χ3v) is 3.22. The van der Waals surface area contributed by atoms with Crippen LogP contribution in [0.4, 0.5) is 0 Å². The van der Waals surface area contributed by atoms with Crippen LogP contribution in [0.2, 0.25) is 0 Å². The maximum absolute atomic E-state index is 10.8. The second-order valence-corrected chi connectivity index (χ2v) is 4.65. The highest BCUT2D eigenvalue weighted by Gasteiger charge is 2.05. The number of aromatic nitrogens is 1. The predicted molar refractivity (Wildman–Crippen MR) is 83.8 cm³/mol. The van der Waals surface area contributed by atoms with Crippen molar-refractivity contribution in [2.24, 2.45) is 0 Å². The quantitative estimate of drug-likeness (QED) is 0.735. The Morgan fingerprint density at radius 2 is 1.71 bits per heavy atom. The number of rotatable bonds is 3. The van der Waals surface area contributed by atoms with Gasteiger partial charge < -0.3 is 5.11 Å². The van der Waals surface area contributed by atoms with Crippen LogP contribution in [-0.4, -0.2) is 16.1 Å². The number of hydrogen-bond donors (Lipinski definition) is 1. The van der Waals surface area contributed by atoms with Crippen molar-refractivity contribution in [1.82, 2.24) is 4.98 Å². The molecule has 0 saturated carbocycles. The van der Waals surface area contributed by atoms with Crippen LogP contribution in [0.25, 0.3) is 28.2 Å². The minimum absolute atomic E-state index is 0.833. The standard InChI is InChI=1S/C18H13NO2/c20-18(21)11-10-14-12-17(13-6-2-1-3-7-13)19-16-9-5-4-8-15(14)16/h1-12H,(H,20,21). The van der Waals surface area contributed by atoms with Crippen molar-refractivity contribution < 1.29 is 9.90 Å². The summed E-state index contributed by atoms with van der Waals surface area (Å²) in [6.45, 7) is 0. The van der Waals surface area contributed by atoms with Crippen molar-refractivity contribution in [3.63, 3.8) is 0 Å². The number of nitrogens with zero attached hydrogens (tertiary/aromatic N) is 1. The van der Waals surface area contributed by atoms with Crippen LogP contribution in [0.1, 0.15) is 5.56 Å². The summed E-state index contributed by atoms with van der Waals surface area (Å²) in [4.78, 5) is 15.4. The Kier molecular flexibility index (Phi) is 3.48. The van der Waals surface area contributed by atoms with Gasteiger partial charge >= 0.3 is 5.97 Å². The number of para-hydroxylation sites is 1. The van der Waals surface area contributed by atoms with E-state index in [1.807, 2.05) is 60.7 Å². The van der Waals surface area contributed by atoms with Crippen molar-refractivity contribution in [3.05, 3.63) is 72.3 Å². The van der Waals surface area contributed by atoms with Crippen molar-refractivity contribution >= 4 is 22.9 Å². The molecule has 0 saturated heterocycles. The highest BCUT2D eigenvalue weighted by atomic mass is 16.4. The molecule has 3 nitrogen and oxygen atoms in total. The summed E-state index contributed by atoms with van der Waals surface area (Å²) < 4.78 is 0. The van der Waals surface area contributed by atoms with Gasteiger partial charge in [0, 0.05) is 17.0 Å². The summed E-state index contributed by atoms with van der Waals surface area (Å²) in [6.07, 6.45) is 2.76. The third kappa shape index (κ3) is 2.82. The average Bonchev–Trinajstić information content (AvgIpc) is 2.53. The van der Waals surface area contributed by atoms with E-state index in [0.29, 0.717) is 0 Å². The molecular formula is C18H13NO2. The van der Waals surface area contributed by atoms with Gasteiger partial charge in [-0.2, -0.15) is 0 Å². The first kappa shape index (κ1) is 13.1. The number of carboxylic acids is 1. The van der Waals surface area contributed by atoms with Crippen LogP contribution in [0.15, 0.2) is 66.7 Å². The summed E-state index contributed by atoms with van der Waals surface area (Å²) in [7, 11) is 0. The molecule has 21 heavy (non-hydrogen) atoms. The molecule has 0 radical (unpaired) electrons. The van der Waals surface area contributed by atoms with Crippen LogP contribution in [0.3, 0.4) is 0 Å². The Balaban J connectivity index is 2.22. The molecular weight excluding hydrogens is 262 g/mol. The monoisotopic (exact) mass is 275 g/mol. The van der Waals surface area contributed by atoms with Gasteiger partial charge in [-0.1, -0.05) is 48.5 Å². The van der Waals surface area contributed by atoms with Gasteiger partial charge in [-0.3, -0.25) is 0 Å². The molecule has 0 aliphatic rings. The molecule has 0 bridgehead atoms. The molecule has 1 aromatic heterocycles. The van der Waals surface area contributed by atoms with Crippen LogP contribution in [-0.2, 0) is 4.79 Å². The van der Waals surface area contributed by atoms with Crippen LogP contribution in [0.5, 0.6) is 0 Å². The summed E-state index contributed by atoms with van der Waals surface area (Å²) in [5, 5.41) is 9.77. The van der Waals surface area contributed by atoms with E-state index in [0.717, 1.165) is 33.8 Å². The van der Waals surface area contributed by atoms with Gasteiger partial charge in [-0.15, -0.1) is 0 Å². The van der Waals surface area contributed by atoms with E-state index in [1.165, 1.54) is 0 Å². The highest BCUT2D eigenvalue weighted by molar-refractivity contribution is 5.94. The molecule has 0 aliphatic heterocycles. The smallest absolute Gasteiger partial charge is 0.328 e. The first-order chi connectivity index (χ1) is 10.2. The molecule has 0 unspecified atom stereocenters. The third-order valence-electron chi connectivity index (χ3n) is 3.22. The van der Waals surface area contributed by atoms with E-state index >= 15 is 0 Å². The van der Waals surface area contributed by atoms with E-state index in [9.17, 15) is 4.79 Å². The Hall–Kier alpha value is -2.94. The largest absolute Gasteiger partial charge is 0.478 e. The fraction of sp³-hybridized carbons (Fsp3) is 0. The molecule has 102 valence electrons. The number of carbonyl (C=O) groups is 1. The normalized spacial score (nSPS) is 11.0. The lowest BCUT2D eigenvalue weighted by Gasteiger charge is -2.07. The second kappa shape index (κ2) is 5.59. The predicted octanol–water partition coefficient (Wildman–Crippen LogP) is 4.00. The SMILES string of the molecule is O=C(O)C=Cc1cc(-c2ccccc2)nc2ccccc12. The van der Waals surface area contributed by atoms with Gasteiger partial charge in [0.05, 0.1) is 11.2 Å². The van der Waals surface area contributed by atoms with Gasteiger partial charge in [0.2, 0.25) is 0 Å². The van der Waals surface area contributed by atoms with Crippen LogP contribution >= 0.6 is 0 Å². The number of carboxylic acid groups (broad SMARTS) is 1. The first-order valence-electron chi connectivity index (χ1n) is 6.60. The molecule has 1 heterocycles. The molecule has 3 heteroatoms. The molecule has 3 rings (SSSR count). The lowest BCUT2D eigenvalue weighted by Crippen LogP contribution is -1.90. The van der Waals surface area contributed by atoms with E-state index < -0.39 is 5.97 Å². The Labute approximate surface area is 122 Å². The average molecular weight is 275 g/mol. The molecule has 1 N–H and O–H groups in total. The lowest BCUT2D eigenvalue weighted by atomic mass is 10.0.